The summed E-state index contributed by atoms with van der Waals surface area (Å²) >= 11 is 0. The fraction of sp³-hybridized carbons (Fsp3) is 0.312. The molecular weight excluding hydrogens is 253 g/mol. The van der Waals surface area contributed by atoms with E-state index < -0.39 is 0 Å². The maximum atomic E-state index is 13.7. The summed E-state index contributed by atoms with van der Waals surface area (Å²) < 4.78 is 13.7. The van der Waals surface area contributed by atoms with Crippen molar-refractivity contribution in [3.05, 3.63) is 59.2 Å². The zero-order valence-corrected chi connectivity index (χ0v) is 12.1. The number of halogens is 1. The number of hydrogen-bond acceptors (Lipinski definition) is 3. The van der Waals surface area contributed by atoms with Gasteiger partial charge in [0.05, 0.1) is 12.2 Å². The average molecular weight is 273 g/mol. The molecule has 1 aromatic carbocycles. The molecule has 0 saturated heterocycles. The lowest BCUT2D eigenvalue weighted by Gasteiger charge is -2.24. The van der Waals surface area contributed by atoms with Crippen molar-refractivity contribution >= 4 is 5.69 Å². The van der Waals surface area contributed by atoms with Gasteiger partial charge in [-0.1, -0.05) is 6.07 Å². The van der Waals surface area contributed by atoms with Crippen molar-refractivity contribution in [3.63, 3.8) is 0 Å². The molecule has 0 fully saturated rings. The molecule has 2 rings (SSSR count). The van der Waals surface area contributed by atoms with Crippen LogP contribution in [0, 0.1) is 12.7 Å². The molecule has 20 heavy (non-hydrogen) atoms. The molecule has 0 saturated carbocycles. The Balaban J connectivity index is 2.33. The minimum absolute atomic E-state index is 0.215. The summed E-state index contributed by atoms with van der Waals surface area (Å²) in [6, 6.07) is 8.98. The summed E-state index contributed by atoms with van der Waals surface area (Å²) in [6.45, 7) is 4.28. The maximum Gasteiger partial charge on any atom is 0.126 e. The number of pyridine rings is 1. The third kappa shape index (κ3) is 3.14. The zero-order valence-electron chi connectivity index (χ0n) is 12.1. The Kier molecular flexibility index (Phi) is 4.35. The van der Waals surface area contributed by atoms with Gasteiger partial charge in [0.15, 0.2) is 0 Å². The number of aryl methyl sites for hydroxylation is 1. The highest BCUT2D eigenvalue weighted by molar-refractivity contribution is 5.56. The fourth-order valence-electron chi connectivity index (χ4n) is 2.20. The van der Waals surface area contributed by atoms with Crippen molar-refractivity contribution < 1.29 is 4.39 Å². The Morgan fingerprint density at radius 2 is 2.10 bits per heavy atom. The smallest absolute Gasteiger partial charge is 0.126 e. The second-order valence-corrected chi connectivity index (χ2v) is 5.13. The van der Waals surface area contributed by atoms with Crippen LogP contribution in [0.15, 0.2) is 36.5 Å². The molecule has 1 unspecified atom stereocenters. The largest absolute Gasteiger partial charge is 0.368 e. The Labute approximate surface area is 119 Å². The van der Waals surface area contributed by atoms with Gasteiger partial charge in [0.1, 0.15) is 5.82 Å². The van der Waals surface area contributed by atoms with Crippen molar-refractivity contribution in [1.29, 1.82) is 0 Å². The summed E-state index contributed by atoms with van der Waals surface area (Å²) in [5, 5.41) is 0. The summed E-state index contributed by atoms with van der Waals surface area (Å²) in [7, 11) is 1.97. The molecule has 3 nitrogen and oxygen atoms in total. The van der Waals surface area contributed by atoms with Crippen LogP contribution in [-0.4, -0.2) is 12.0 Å². The van der Waals surface area contributed by atoms with Crippen LogP contribution in [0.25, 0.3) is 0 Å². The molecule has 0 aliphatic heterocycles. The van der Waals surface area contributed by atoms with Crippen LogP contribution in [0.2, 0.25) is 0 Å². The Morgan fingerprint density at radius 1 is 1.35 bits per heavy atom. The first-order valence-electron chi connectivity index (χ1n) is 6.65. The molecule has 0 radical (unpaired) electrons. The molecule has 2 aromatic rings. The van der Waals surface area contributed by atoms with E-state index in [0.29, 0.717) is 12.1 Å². The van der Waals surface area contributed by atoms with Crippen LogP contribution in [-0.2, 0) is 6.54 Å². The number of nitrogens with zero attached hydrogens (tertiary/aromatic N) is 2. The molecule has 1 heterocycles. The second kappa shape index (κ2) is 6.01. The van der Waals surface area contributed by atoms with Gasteiger partial charge in [-0.15, -0.1) is 0 Å². The van der Waals surface area contributed by atoms with Crippen LogP contribution in [0.3, 0.4) is 0 Å². The number of benzene rings is 1. The molecule has 1 aromatic heterocycles. The minimum atomic E-state index is -0.216. The fourth-order valence-corrected chi connectivity index (χ4v) is 2.20. The standard InChI is InChI=1S/C16H20FN3/c1-11-8-16(14(12(2)18)9-15(11)17)20(3)10-13-6-4-5-7-19-13/h4-9,12H,10,18H2,1-3H3. The molecule has 0 spiro atoms. The molecule has 106 valence electrons. The van der Waals surface area contributed by atoms with E-state index in [1.807, 2.05) is 43.1 Å². The number of hydrogen-bond donors (Lipinski definition) is 1. The van der Waals surface area contributed by atoms with Crippen molar-refractivity contribution in [2.75, 3.05) is 11.9 Å². The predicted octanol–water partition coefficient (Wildman–Crippen LogP) is 3.19. The number of nitrogens with two attached hydrogens (primary N) is 1. The highest BCUT2D eigenvalue weighted by atomic mass is 19.1. The molecule has 0 aliphatic rings. The van der Waals surface area contributed by atoms with E-state index in [-0.39, 0.29) is 11.9 Å². The van der Waals surface area contributed by atoms with Crippen molar-refractivity contribution in [2.24, 2.45) is 5.73 Å². The maximum absolute atomic E-state index is 13.7. The summed E-state index contributed by atoms with van der Waals surface area (Å²) in [5.74, 6) is -0.215. The van der Waals surface area contributed by atoms with Crippen LogP contribution < -0.4 is 10.6 Å². The molecule has 4 heteroatoms. The van der Waals surface area contributed by atoms with E-state index in [1.165, 1.54) is 6.07 Å². The van der Waals surface area contributed by atoms with Gasteiger partial charge in [-0.2, -0.15) is 0 Å². The first-order chi connectivity index (χ1) is 9.49. The molecule has 0 amide bonds. The summed E-state index contributed by atoms with van der Waals surface area (Å²) in [5.41, 5.74) is 9.30. The first-order valence-corrected chi connectivity index (χ1v) is 6.65. The lowest BCUT2D eigenvalue weighted by atomic mass is 10.0. The highest BCUT2D eigenvalue weighted by Gasteiger charge is 2.14. The van der Waals surface area contributed by atoms with Crippen LogP contribution >= 0.6 is 0 Å². The summed E-state index contributed by atoms with van der Waals surface area (Å²) in [4.78, 5) is 6.36. The normalized spacial score (nSPS) is 12.2. The van der Waals surface area contributed by atoms with Gasteiger partial charge in [0.2, 0.25) is 0 Å². The Hall–Kier alpha value is -1.94. The third-order valence-corrected chi connectivity index (χ3v) is 3.34. The van der Waals surface area contributed by atoms with Gasteiger partial charge >= 0.3 is 0 Å². The van der Waals surface area contributed by atoms with Gasteiger partial charge in [0, 0.05) is 25.0 Å². The molecule has 0 bridgehead atoms. The van der Waals surface area contributed by atoms with E-state index in [9.17, 15) is 4.39 Å². The first kappa shape index (κ1) is 14.5. The quantitative estimate of drug-likeness (QED) is 0.930. The lowest BCUT2D eigenvalue weighted by molar-refractivity contribution is 0.612. The summed E-state index contributed by atoms with van der Waals surface area (Å²) in [6.07, 6.45) is 1.77. The molecular formula is C16H20FN3. The molecule has 1 atom stereocenters. The van der Waals surface area contributed by atoms with Gasteiger partial charge < -0.3 is 10.6 Å². The van der Waals surface area contributed by atoms with Crippen LogP contribution in [0.5, 0.6) is 0 Å². The number of rotatable bonds is 4. The van der Waals surface area contributed by atoms with Gasteiger partial charge in [-0.25, -0.2) is 4.39 Å². The van der Waals surface area contributed by atoms with Crippen molar-refractivity contribution in [1.82, 2.24) is 4.98 Å². The monoisotopic (exact) mass is 273 g/mol. The molecule has 0 aliphatic carbocycles. The van der Waals surface area contributed by atoms with Gasteiger partial charge in [0.25, 0.3) is 0 Å². The Morgan fingerprint density at radius 3 is 2.70 bits per heavy atom. The number of anilines is 1. The van der Waals surface area contributed by atoms with Crippen LogP contribution in [0.1, 0.15) is 29.8 Å². The molecule has 2 N–H and O–H groups in total. The van der Waals surface area contributed by atoms with E-state index in [4.69, 9.17) is 5.73 Å². The van der Waals surface area contributed by atoms with Crippen LogP contribution in [0.4, 0.5) is 10.1 Å². The topological polar surface area (TPSA) is 42.2 Å². The van der Waals surface area contributed by atoms with E-state index in [1.54, 1.807) is 13.1 Å². The lowest BCUT2D eigenvalue weighted by Crippen LogP contribution is -2.21. The number of aromatic nitrogens is 1. The Bertz CT molecular complexity index is 582. The van der Waals surface area contributed by atoms with Gasteiger partial charge in [-0.05, 0) is 49.2 Å². The van der Waals surface area contributed by atoms with E-state index in [0.717, 1.165) is 16.9 Å². The predicted molar refractivity (Wildman–Crippen MR) is 80.1 cm³/mol. The average Bonchev–Trinajstić information content (AvgIpc) is 2.42. The van der Waals surface area contributed by atoms with Crippen molar-refractivity contribution in [2.45, 2.75) is 26.4 Å². The highest BCUT2D eigenvalue weighted by Crippen LogP contribution is 2.28. The van der Waals surface area contributed by atoms with Crippen molar-refractivity contribution in [3.8, 4) is 0 Å². The third-order valence-electron chi connectivity index (χ3n) is 3.34. The SMILES string of the molecule is Cc1cc(N(C)Cc2ccccn2)c(C(C)N)cc1F. The van der Waals surface area contributed by atoms with E-state index >= 15 is 0 Å². The minimum Gasteiger partial charge on any atom is -0.368 e. The zero-order chi connectivity index (χ0) is 14.7. The van der Waals surface area contributed by atoms with E-state index in [2.05, 4.69) is 4.98 Å². The van der Waals surface area contributed by atoms with Gasteiger partial charge in [-0.3, -0.25) is 4.98 Å². The second-order valence-electron chi connectivity index (χ2n) is 5.13.